The average molecular weight is 477 g/mol. The molecular weight excluding hydrogens is 462 g/mol. The van der Waals surface area contributed by atoms with Crippen LogP contribution in [0.2, 0.25) is 0 Å². The number of hydrogen-bond donors (Lipinski definition) is 1. The molecule has 0 spiro atoms. The van der Waals surface area contributed by atoms with Crippen molar-refractivity contribution in [1.29, 1.82) is 0 Å². The molecule has 35 heavy (non-hydrogen) atoms. The molecule has 0 aliphatic heterocycles. The second-order valence-electron chi connectivity index (χ2n) is 7.58. The number of pyridine rings is 1. The summed E-state index contributed by atoms with van der Waals surface area (Å²) < 4.78 is 55.3. The SMILES string of the molecule is O=C(c1ccc(F)c(Nc2ncccc2-c2ccncn2)c1)n1ccc2ccc(C(F)(F)F)cc21. The Labute approximate surface area is 195 Å². The molecule has 0 amide bonds. The summed E-state index contributed by atoms with van der Waals surface area (Å²) in [6.07, 6.45) is 1.28. The Balaban J connectivity index is 1.51. The highest BCUT2D eigenvalue weighted by molar-refractivity contribution is 6.03. The minimum atomic E-state index is -4.55. The zero-order valence-corrected chi connectivity index (χ0v) is 17.8. The first-order chi connectivity index (χ1) is 16.8. The van der Waals surface area contributed by atoms with Gasteiger partial charge >= 0.3 is 6.18 Å². The van der Waals surface area contributed by atoms with Crippen LogP contribution in [-0.4, -0.2) is 25.4 Å². The molecular formula is C25H15F4N5O. The summed E-state index contributed by atoms with van der Waals surface area (Å²) in [7, 11) is 0. The number of fused-ring (bicyclic) bond motifs is 1. The molecule has 3 aromatic heterocycles. The highest BCUT2D eigenvalue weighted by atomic mass is 19.4. The van der Waals surface area contributed by atoms with Crippen molar-refractivity contribution in [2.75, 3.05) is 5.32 Å². The number of nitrogens with zero attached hydrogens (tertiary/aromatic N) is 4. The first kappa shape index (κ1) is 22.2. The minimum absolute atomic E-state index is 0.0303. The normalized spacial score (nSPS) is 11.5. The third kappa shape index (κ3) is 4.33. The van der Waals surface area contributed by atoms with E-state index in [1.54, 1.807) is 24.4 Å². The smallest absolute Gasteiger partial charge is 0.337 e. The standard InChI is InChI=1S/C25H15F4N5O/c26-19-6-4-16(24(35)34-11-8-15-3-5-17(13-22(15)34)25(27,28)29)12-21(19)33-23-18(2-1-9-31-23)20-7-10-30-14-32-20/h1-14H,(H,31,33). The third-order valence-corrected chi connectivity index (χ3v) is 5.37. The van der Waals surface area contributed by atoms with Gasteiger partial charge in [-0.2, -0.15) is 13.2 Å². The number of aromatic nitrogens is 4. The lowest BCUT2D eigenvalue weighted by molar-refractivity contribution is -0.137. The number of hydrogen-bond acceptors (Lipinski definition) is 5. The van der Waals surface area contributed by atoms with Gasteiger partial charge in [0.25, 0.3) is 5.91 Å². The molecule has 174 valence electrons. The Bertz CT molecular complexity index is 1550. The zero-order chi connectivity index (χ0) is 24.6. The van der Waals surface area contributed by atoms with Gasteiger partial charge in [0.1, 0.15) is 18.0 Å². The largest absolute Gasteiger partial charge is 0.416 e. The van der Waals surface area contributed by atoms with E-state index in [1.807, 2.05) is 0 Å². The summed E-state index contributed by atoms with van der Waals surface area (Å²) in [6, 6.07) is 13.5. The fourth-order valence-corrected chi connectivity index (χ4v) is 3.66. The van der Waals surface area contributed by atoms with Crippen LogP contribution in [0.15, 0.2) is 85.6 Å². The van der Waals surface area contributed by atoms with Crippen LogP contribution in [0, 0.1) is 5.82 Å². The van der Waals surface area contributed by atoms with Gasteiger partial charge in [-0.3, -0.25) is 9.36 Å². The molecule has 0 aliphatic carbocycles. The lowest BCUT2D eigenvalue weighted by Gasteiger charge is -2.13. The van der Waals surface area contributed by atoms with Crippen LogP contribution < -0.4 is 5.32 Å². The van der Waals surface area contributed by atoms with Gasteiger partial charge in [0.2, 0.25) is 0 Å². The highest BCUT2D eigenvalue weighted by Crippen LogP contribution is 2.32. The lowest BCUT2D eigenvalue weighted by Crippen LogP contribution is -2.12. The van der Waals surface area contributed by atoms with E-state index in [0.29, 0.717) is 22.5 Å². The zero-order valence-electron chi connectivity index (χ0n) is 17.8. The minimum Gasteiger partial charge on any atom is -0.337 e. The van der Waals surface area contributed by atoms with Crippen LogP contribution in [0.25, 0.3) is 22.2 Å². The van der Waals surface area contributed by atoms with Crippen LogP contribution >= 0.6 is 0 Å². The van der Waals surface area contributed by atoms with Crippen molar-refractivity contribution in [2.45, 2.75) is 6.18 Å². The number of alkyl halides is 3. The van der Waals surface area contributed by atoms with E-state index in [1.165, 1.54) is 43.0 Å². The highest BCUT2D eigenvalue weighted by Gasteiger charge is 2.31. The maximum Gasteiger partial charge on any atom is 0.416 e. The molecule has 3 heterocycles. The van der Waals surface area contributed by atoms with Crippen molar-refractivity contribution in [1.82, 2.24) is 19.5 Å². The molecule has 0 atom stereocenters. The van der Waals surface area contributed by atoms with E-state index >= 15 is 0 Å². The number of nitrogens with one attached hydrogen (secondary N) is 1. The molecule has 5 aromatic rings. The molecule has 0 bridgehead atoms. The summed E-state index contributed by atoms with van der Waals surface area (Å²) in [4.78, 5) is 25.5. The van der Waals surface area contributed by atoms with Crippen LogP contribution in [0.1, 0.15) is 15.9 Å². The van der Waals surface area contributed by atoms with Crippen molar-refractivity contribution in [3.8, 4) is 11.3 Å². The fourth-order valence-electron chi connectivity index (χ4n) is 3.66. The number of carbonyl (C=O) groups is 1. The Morgan fingerprint density at radius 3 is 2.57 bits per heavy atom. The van der Waals surface area contributed by atoms with Gasteiger partial charge in [0.15, 0.2) is 0 Å². The average Bonchev–Trinajstić information content (AvgIpc) is 3.29. The second kappa shape index (κ2) is 8.64. The van der Waals surface area contributed by atoms with Gasteiger partial charge in [0, 0.05) is 35.1 Å². The Morgan fingerprint density at radius 2 is 1.80 bits per heavy atom. The van der Waals surface area contributed by atoms with Crippen LogP contribution in [0.3, 0.4) is 0 Å². The third-order valence-electron chi connectivity index (χ3n) is 5.37. The molecule has 10 heteroatoms. The lowest BCUT2D eigenvalue weighted by atomic mass is 10.1. The summed E-state index contributed by atoms with van der Waals surface area (Å²) in [5.41, 5.74) is 0.413. The molecule has 6 nitrogen and oxygen atoms in total. The first-order valence-corrected chi connectivity index (χ1v) is 10.3. The van der Waals surface area contributed by atoms with Gasteiger partial charge in [0.05, 0.1) is 22.5 Å². The quantitative estimate of drug-likeness (QED) is 0.318. The van der Waals surface area contributed by atoms with E-state index < -0.39 is 23.5 Å². The topological polar surface area (TPSA) is 72.7 Å². The van der Waals surface area contributed by atoms with Crippen molar-refractivity contribution in [3.63, 3.8) is 0 Å². The predicted octanol–water partition coefficient (Wildman–Crippen LogP) is 6.08. The van der Waals surface area contributed by atoms with Crippen molar-refractivity contribution < 1.29 is 22.4 Å². The summed E-state index contributed by atoms with van der Waals surface area (Å²) in [5.74, 6) is -0.951. The molecule has 0 fully saturated rings. The van der Waals surface area contributed by atoms with Gasteiger partial charge in [-0.25, -0.2) is 19.3 Å². The van der Waals surface area contributed by atoms with Gasteiger partial charge in [-0.05, 0) is 54.6 Å². The summed E-state index contributed by atoms with van der Waals surface area (Å²) in [6.45, 7) is 0. The van der Waals surface area contributed by atoms with E-state index in [9.17, 15) is 22.4 Å². The summed E-state index contributed by atoms with van der Waals surface area (Å²) in [5, 5.41) is 3.36. The number of carbonyl (C=O) groups excluding carboxylic acids is 1. The Kier molecular flexibility index (Phi) is 5.48. The monoisotopic (exact) mass is 477 g/mol. The number of halogens is 4. The fraction of sp³-hybridized carbons (Fsp3) is 0.0400. The van der Waals surface area contributed by atoms with Crippen LogP contribution in [0.5, 0.6) is 0 Å². The van der Waals surface area contributed by atoms with Crippen LogP contribution in [0.4, 0.5) is 29.1 Å². The molecule has 2 aromatic carbocycles. The van der Waals surface area contributed by atoms with E-state index in [0.717, 1.165) is 22.8 Å². The number of anilines is 2. The summed E-state index contributed by atoms with van der Waals surface area (Å²) >= 11 is 0. The predicted molar refractivity (Wildman–Crippen MR) is 122 cm³/mol. The number of benzene rings is 2. The molecule has 0 unspecified atom stereocenters. The van der Waals surface area contributed by atoms with Gasteiger partial charge < -0.3 is 5.32 Å². The first-order valence-electron chi connectivity index (χ1n) is 10.3. The van der Waals surface area contributed by atoms with Crippen molar-refractivity contribution >= 4 is 28.3 Å². The maximum absolute atomic E-state index is 14.7. The Hall–Kier alpha value is -4.60. The van der Waals surface area contributed by atoms with Gasteiger partial charge in [-0.1, -0.05) is 6.07 Å². The van der Waals surface area contributed by atoms with Crippen molar-refractivity contribution in [2.24, 2.45) is 0 Å². The molecule has 0 aliphatic rings. The van der Waals surface area contributed by atoms with Crippen LogP contribution in [-0.2, 0) is 6.18 Å². The molecule has 1 N–H and O–H groups in total. The van der Waals surface area contributed by atoms with E-state index in [-0.39, 0.29) is 16.8 Å². The number of rotatable bonds is 4. The van der Waals surface area contributed by atoms with Gasteiger partial charge in [-0.15, -0.1) is 0 Å². The Morgan fingerprint density at radius 1 is 0.943 bits per heavy atom. The molecule has 0 radical (unpaired) electrons. The maximum atomic E-state index is 14.7. The molecule has 0 saturated heterocycles. The second-order valence-corrected chi connectivity index (χ2v) is 7.58. The van der Waals surface area contributed by atoms with E-state index in [4.69, 9.17) is 0 Å². The molecule has 0 saturated carbocycles. The van der Waals surface area contributed by atoms with E-state index in [2.05, 4.69) is 20.3 Å². The molecule has 5 rings (SSSR count). The van der Waals surface area contributed by atoms with Crippen molar-refractivity contribution in [3.05, 3.63) is 103 Å².